The topological polar surface area (TPSA) is 55.8 Å². The van der Waals surface area contributed by atoms with Gasteiger partial charge in [-0.15, -0.1) is 0 Å². The van der Waals surface area contributed by atoms with Crippen molar-refractivity contribution >= 4 is 27.8 Å². The van der Waals surface area contributed by atoms with Crippen LogP contribution in [-0.2, 0) is 9.53 Å². The highest BCUT2D eigenvalue weighted by Crippen LogP contribution is 2.23. The number of rotatable bonds is 4. The second-order valence-corrected chi connectivity index (χ2v) is 4.44. The number of ether oxygens (including phenoxy) is 2. The summed E-state index contributed by atoms with van der Waals surface area (Å²) in [6.45, 7) is -0.0982. The van der Waals surface area contributed by atoms with Crippen LogP contribution in [0.1, 0.15) is 10.4 Å². The molecule has 0 N–H and O–H groups in total. The highest BCUT2D eigenvalue weighted by atomic mass is 79.9. The monoisotopic (exact) mass is 315 g/mol. The molecular weight excluding hydrogens is 302 g/mol. The number of carbonyl (C=O) groups is 2. The predicted octanol–water partition coefficient (Wildman–Crippen LogP) is 1.70. The van der Waals surface area contributed by atoms with Crippen molar-refractivity contribution in [3.8, 4) is 5.75 Å². The summed E-state index contributed by atoms with van der Waals surface area (Å²) < 4.78 is 10.2. The second-order valence-electron chi connectivity index (χ2n) is 3.58. The highest BCUT2D eigenvalue weighted by molar-refractivity contribution is 9.10. The number of esters is 1. The Morgan fingerprint density at radius 3 is 2.56 bits per heavy atom. The van der Waals surface area contributed by atoms with Crippen molar-refractivity contribution in [2.45, 2.75) is 0 Å². The highest BCUT2D eigenvalue weighted by Gasteiger charge is 2.18. The van der Waals surface area contributed by atoms with Crippen LogP contribution in [0.2, 0.25) is 0 Å². The Morgan fingerprint density at radius 2 is 2.00 bits per heavy atom. The van der Waals surface area contributed by atoms with Crippen molar-refractivity contribution in [1.29, 1.82) is 0 Å². The molecule has 0 spiro atoms. The fraction of sp³-hybridized carbons (Fsp3) is 0.333. The van der Waals surface area contributed by atoms with Crippen LogP contribution in [0.15, 0.2) is 22.7 Å². The molecule has 0 unspecified atom stereocenters. The number of methoxy groups -OCH3 is 2. The smallest absolute Gasteiger partial charge is 0.325 e. The molecule has 0 bridgehead atoms. The SMILES string of the molecule is COC(=O)CN(C)C(=O)c1cc(OC)ccc1Br. The van der Waals surface area contributed by atoms with Crippen LogP contribution in [-0.4, -0.2) is 44.6 Å². The number of benzene rings is 1. The first kappa shape index (κ1) is 14.5. The van der Waals surface area contributed by atoms with Crippen molar-refractivity contribution in [2.75, 3.05) is 27.8 Å². The summed E-state index contributed by atoms with van der Waals surface area (Å²) in [6, 6.07) is 5.07. The molecule has 1 aromatic rings. The zero-order valence-corrected chi connectivity index (χ0v) is 12.0. The third-order valence-electron chi connectivity index (χ3n) is 2.34. The molecular formula is C12H14BrNO4. The largest absolute Gasteiger partial charge is 0.497 e. The first-order chi connectivity index (χ1) is 8.49. The van der Waals surface area contributed by atoms with Gasteiger partial charge in [0.2, 0.25) is 0 Å². The molecule has 98 valence electrons. The second kappa shape index (κ2) is 6.39. The molecule has 0 aromatic heterocycles. The number of nitrogens with zero attached hydrogens (tertiary/aromatic N) is 1. The molecule has 0 aliphatic heterocycles. The predicted molar refractivity (Wildman–Crippen MR) is 69.7 cm³/mol. The van der Waals surface area contributed by atoms with Gasteiger partial charge >= 0.3 is 5.97 Å². The van der Waals surface area contributed by atoms with Crippen molar-refractivity contribution < 1.29 is 19.1 Å². The molecule has 0 fully saturated rings. The first-order valence-electron chi connectivity index (χ1n) is 5.15. The van der Waals surface area contributed by atoms with Gasteiger partial charge in [-0.3, -0.25) is 9.59 Å². The quantitative estimate of drug-likeness (QED) is 0.794. The van der Waals surface area contributed by atoms with Crippen LogP contribution in [0, 0.1) is 0 Å². The molecule has 0 aliphatic carbocycles. The van der Waals surface area contributed by atoms with E-state index in [1.807, 2.05) is 0 Å². The van der Waals surface area contributed by atoms with E-state index in [0.29, 0.717) is 15.8 Å². The van der Waals surface area contributed by atoms with E-state index in [2.05, 4.69) is 20.7 Å². The molecule has 0 aliphatic rings. The summed E-state index contributed by atoms with van der Waals surface area (Å²) in [5.74, 6) is -0.177. The van der Waals surface area contributed by atoms with E-state index in [1.54, 1.807) is 18.2 Å². The van der Waals surface area contributed by atoms with Crippen LogP contribution < -0.4 is 4.74 Å². The van der Waals surface area contributed by atoms with Crippen molar-refractivity contribution in [3.05, 3.63) is 28.2 Å². The minimum Gasteiger partial charge on any atom is -0.497 e. The minimum atomic E-state index is -0.468. The molecule has 5 nitrogen and oxygen atoms in total. The number of halogens is 1. The molecule has 1 aromatic carbocycles. The summed E-state index contributed by atoms with van der Waals surface area (Å²) in [5.41, 5.74) is 0.431. The van der Waals surface area contributed by atoms with E-state index < -0.39 is 5.97 Å². The lowest BCUT2D eigenvalue weighted by Gasteiger charge is -2.16. The fourth-order valence-corrected chi connectivity index (χ4v) is 1.75. The van der Waals surface area contributed by atoms with E-state index in [9.17, 15) is 9.59 Å². The Bertz CT molecular complexity index is 461. The molecule has 18 heavy (non-hydrogen) atoms. The Balaban J connectivity index is 2.92. The Morgan fingerprint density at radius 1 is 1.33 bits per heavy atom. The lowest BCUT2D eigenvalue weighted by molar-refractivity contribution is -0.141. The zero-order valence-electron chi connectivity index (χ0n) is 10.4. The Labute approximate surface area is 114 Å². The van der Waals surface area contributed by atoms with E-state index in [0.717, 1.165) is 0 Å². The lowest BCUT2D eigenvalue weighted by atomic mass is 10.2. The van der Waals surface area contributed by atoms with E-state index in [4.69, 9.17) is 4.74 Å². The summed E-state index contributed by atoms with van der Waals surface area (Å²) in [7, 11) is 4.34. The fourth-order valence-electron chi connectivity index (χ4n) is 1.33. The molecule has 6 heteroatoms. The van der Waals surface area contributed by atoms with Gasteiger partial charge in [-0.1, -0.05) is 0 Å². The molecule has 0 saturated carbocycles. The van der Waals surface area contributed by atoms with Gasteiger partial charge in [-0.2, -0.15) is 0 Å². The molecule has 0 radical (unpaired) electrons. The van der Waals surface area contributed by atoms with Gasteiger partial charge < -0.3 is 14.4 Å². The van der Waals surface area contributed by atoms with Crippen molar-refractivity contribution in [2.24, 2.45) is 0 Å². The maximum atomic E-state index is 12.1. The maximum absolute atomic E-state index is 12.1. The normalized spacial score (nSPS) is 9.78. The van der Waals surface area contributed by atoms with Crippen LogP contribution in [0.4, 0.5) is 0 Å². The van der Waals surface area contributed by atoms with Crippen molar-refractivity contribution in [3.63, 3.8) is 0 Å². The molecule has 0 saturated heterocycles. The maximum Gasteiger partial charge on any atom is 0.325 e. The standard InChI is InChI=1S/C12H14BrNO4/c1-14(7-11(15)18-3)12(16)9-6-8(17-2)4-5-10(9)13/h4-6H,7H2,1-3H3. The third kappa shape index (κ3) is 3.46. The number of likely N-dealkylation sites (N-methyl/N-ethyl adjacent to an activating group) is 1. The van der Waals surface area contributed by atoms with Gasteiger partial charge in [0.05, 0.1) is 19.8 Å². The van der Waals surface area contributed by atoms with Crippen molar-refractivity contribution in [1.82, 2.24) is 4.90 Å². The van der Waals surface area contributed by atoms with Gasteiger partial charge in [0.25, 0.3) is 5.91 Å². The average Bonchev–Trinajstić information content (AvgIpc) is 2.38. The van der Waals surface area contributed by atoms with Crippen LogP contribution in [0.3, 0.4) is 0 Å². The van der Waals surface area contributed by atoms with Gasteiger partial charge in [0, 0.05) is 11.5 Å². The zero-order chi connectivity index (χ0) is 13.7. The molecule has 1 rings (SSSR count). The van der Waals surface area contributed by atoms with E-state index >= 15 is 0 Å². The number of carbonyl (C=O) groups excluding carboxylic acids is 2. The van der Waals surface area contributed by atoms with Crippen LogP contribution >= 0.6 is 15.9 Å². The number of amides is 1. The average molecular weight is 316 g/mol. The van der Waals surface area contributed by atoms with Gasteiger partial charge in [-0.25, -0.2) is 0 Å². The Kier molecular flexibility index (Phi) is 5.15. The van der Waals surface area contributed by atoms with Crippen LogP contribution in [0.25, 0.3) is 0 Å². The summed E-state index contributed by atoms with van der Waals surface area (Å²) in [5, 5.41) is 0. The van der Waals surface area contributed by atoms with E-state index in [1.165, 1.54) is 26.2 Å². The molecule has 0 atom stereocenters. The first-order valence-corrected chi connectivity index (χ1v) is 5.94. The number of hydrogen-bond donors (Lipinski definition) is 0. The lowest BCUT2D eigenvalue weighted by Crippen LogP contribution is -2.32. The minimum absolute atomic E-state index is 0.0982. The summed E-state index contributed by atoms with van der Waals surface area (Å²) in [6.07, 6.45) is 0. The van der Waals surface area contributed by atoms with Gasteiger partial charge in [0.1, 0.15) is 12.3 Å². The van der Waals surface area contributed by atoms with Gasteiger partial charge in [0.15, 0.2) is 0 Å². The molecule has 0 heterocycles. The Hall–Kier alpha value is -1.56. The number of hydrogen-bond acceptors (Lipinski definition) is 4. The third-order valence-corrected chi connectivity index (χ3v) is 3.04. The summed E-state index contributed by atoms with van der Waals surface area (Å²) in [4.78, 5) is 24.5. The molecule has 1 amide bonds. The van der Waals surface area contributed by atoms with Gasteiger partial charge in [-0.05, 0) is 34.1 Å². The van der Waals surface area contributed by atoms with E-state index in [-0.39, 0.29) is 12.5 Å². The summed E-state index contributed by atoms with van der Waals surface area (Å²) >= 11 is 3.29. The van der Waals surface area contributed by atoms with Crippen LogP contribution in [0.5, 0.6) is 5.75 Å².